The third kappa shape index (κ3) is 2.61. The number of nitro groups is 1. The highest BCUT2D eigenvalue weighted by Gasteiger charge is 2.44. The fraction of sp³-hybridized carbons (Fsp3) is 0.538. The van der Waals surface area contributed by atoms with Gasteiger partial charge >= 0.3 is 11.7 Å². The number of carboxylic acid groups (broad SMARTS) is 1. The highest BCUT2D eigenvalue weighted by Crippen LogP contribution is 2.37. The Balaban J connectivity index is 2.56. The van der Waals surface area contributed by atoms with Crippen molar-refractivity contribution in [1.82, 2.24) is 4.98 Å². The van der Waals surface area contributed by atoms with Gasteiger partial charge in [-0.15, -0.1) is 0 Å². The van der Waals surface area contributed by atoms with E-state index in [0.717, 1.165) is 12.8 Å². The Bertz CT molecular complexity index is 577. The van der Waals surface area contributed by atoms with Gasteiger partial charge in [0.05, 0.1) is 12.0 Å². The van der Waals surface area contributed by atoms with Crippen LogP contribution in [0.3, 0.4) is 0 Å². The van der Waals surface area contributed by atoms with Crippen molar-refractivity contribution >= 4 is 17.5 Å². The molecule has 0 amide bonds. The fourth-order valence-corrected chi connectivity index (χ4v) is 2.56. The number of aliphatic carboxylic acids is 1. The molecule has 1 atom stereocenters. The van der Waals surface area contributed by atoms with Gasteiger partial charge in [0.2, 0.25) is 11.7 Å². The van der Waals surface area contributed by atoms with E-state index >= 15 is 0 Å². The third-order valence-electron chi connectivity index (χ3n) is 3.84. The second-order valence-electron chi connectivity index (χ2n) is 5.14. The van der Waals surface area contributed by atoms with Crippen molar-refractivity contribution in [3.05, 3.63) is 22.2 Å². The summed E-state index contributed by atoms with van der Waals surface area (Å²) in [6.45, 7) is 1.98. The number of aromatic nitrogens is 1. The minimum Gasteiger partial charge on any atom is -0.481 e. The second-order valence-corrected chi connectivity index (χ2v) is 5.14. The summed E-state index contributed by atoms with van der Waals surface area (Å²) < 4.78 is 5.00. The van der Waals surface area contributed by atoms with Crippen LogP contribution < -0.4 is 9.64 Å². The van der Waals surface area contributed by atoms with E-state index in [1.165, 1.54) is 24.1 Å². The first kappa shape index (κ1) is 15.0. The molecule has 2 heterocycles. The summed E-state index contributed by atoms with van der Waals surface area (Å²) in [5, 5.41) is 20.7. The number of carbonyl (C=O) groups is 1. The van der Waals surface area contributed by atoms with Crippen molar-refractivity contribution in [3.8, 4) is 5.88 Å². The topological polar surface area (TPSA) is 106 Å². The zero-order valence-corrected chi connectivity index (χ0v) is 11.9. The molecule has 1 N–H and O–H groups in total. The quantitative estimate of drug-likeness (QED) is 0.667. The third-order valence-corrected chi connectivity index (χ3v) is 3.84. The zero-order chi connectivity index (χ0) is 15.6. The molecule has 0 saturated carbocycles. The van der Waals surface area contributed by atoms with Crippen LogP contribution in [0.15, 0.2) is 12.1 Å². The van der Waals surface area contributed by atoms with E-state index in [1.54, 1.807) is 6.92 Å². The van der Waals surface area contributed by atoms with Crippen LogP contribution in [0.1, 0.15) is 26.2 Å². The molecule has 1 saturated heterocycles. The molecule has 0 aliphatic carbocycles. The monoisotopic (exact) mass is 295 g/mol. The van der Waals surface area contributed by atoms with Gasteiger partial charge in [-0.25, -0.2) is 4.79 Å². The lowest BCUT2D eigenvalue weighted by Gasteiger charge is -2.42. The van der Waals surface area contributed by atoms with E-state index in [-0.39, 0.29) is 17.4 Å². The minimum absolute atomic E-state index is 0.0453. The first-order chi connectivity index (χ1) is 9.90. The molecule has 1 aliphatic rings. The van der Waals surface area contributed by atoms with Crippen LogP contribution in [0.5, 0.6) is 5.88 Å². The van der Waals surface area contributed by atoms with Gasteiger partial charge < -0.3 is 14.7 Å². The van der Waals surface area contributed by atoms with Crippen molar-refractivity contribution in [2.75, 3.05) is 18.6 Å². The van der Waals surface area contributed by atoms with Crippen LogP contribution in [-0.4, -0.2) is 40.2 Å². The first-order valence-electron chi connectivity index (χ1n) is 6.60. The number of nitrogens with zero attached hydrogens (tertiary/aromatic N) is 3. The Morgan fingerprint density at radius 3 is 2.81 bits per heavy atom. The highest BCUT2D eigenvalue weighted by atomic mass is 16.6. The van der Waals surface area contributed by atoms with Crippen LogP contribution in [0.4, 0.5) is 11.5 Å². The smallest absolute Gasteiger partial charge is 0.329 e. The standard InChI is InChI=1S/C13H17N3O5/c1-13(12(17)18)7-3-4-8-15(13)11-9(16(19)20)5-6-10(14-11)21-2/h5-6H,3-4,7-8H2,1-2H3,(H,17,18). The van der Waals surface area contributed by atoms with E-state index < -0.39 is 16.4 Å². The zero-order valence-electron chi connectivity index (χ0n) is 11.9. The van der Waals surface area contributed by atoms with Crippen LogP contribution in [0, 0.1) is 10.1 Å². The Kier molecular flexibility index (Phi) is 3.97. The van der Waals surface area contributed by atoms with Crippen molar-refractivity contribution in [3.63, 3.8) is 0 Å². The summed E-state index contributed by atoms with van der Waals surface area (Å²) in [5.41, 5.74) is -1.42. The van der Waals surface area contributed by atoms with Gasteiger partial charge in [-0.2, -0.15) is 4.98 Å². The predicted molar refractivity (Wildman–Crippen MR) is 74.7 cm³/mol. The summed E-state index contributed by atoms with van der Waals surface area (Å²) in [5.74, 6) is -0.751. The molecule has 0 radical (unpaired) electrons. The molecular weight excluding hydrogens is 278 g/mol. The molecule has 1 unspecified atom stereocenters. The van der Waals surface area contributed by atoms with Crippen molar-refractivity contribution in [2.45, 2.75) is 31.7 Å². The molecule has 1 aliphatic heterocycles. The molecule has 0 aromatic carbocycles. The summed E-state index contributed by atoms with van der Waals surface area (Å²) in [6, 6.07) is 2.68. The lowest BCUT2D eigenvalue weighted by Crippen LogP contribution is -2.55. The number of rotatable bonds is 4. The highest BCUT2D eigenvalue weighted by molar-refractivity contribution is 5.84. The van der Waals surface area contributed by atoms with Gasteiger partial charge in [0.15, 0.2) is 0 Å². The minimum atomic E-state index is -1.21. The Morgan fingerprint density at radius 2 is 2.24 bits per heavy atom. The Labute approximate surface area is 121 Å². The normalized spacial score (nSPS) is 21.9. The van der Waals surface area contributed by atoms with Crippen molar-refractivity contribution in [2.24, 2.45) is 0 Å². The number of methoxy groups -OCH3 is 1. The van der Waals surface area contributed by atoms with E-state index in [0.29, 0.717) is 13.0 Å². The number of hydrogen-bond donors (Lipinski definition) is 1. The van der Waals surface area contributed by atoms with E-state index in [1.807, 2.05) is 0 Å². The maximum absolute atomic E-state index is 11.6. The fourth-order valence-electron chi connectivity index (χ4n) is 2.56. The average molecular weight is 295 g/mol. The molecule has 114 valence electrons. The Morgan fingerprint density at radius 1 is 1.52 bits per heavy atom. The van der Waals surface area contributed by atoms with E-state index in [4.69, 9.17) is 4.74 Å². The maximum Gasteiger partial charge on any atom is 0.329 e. The molecule has 1 fully saturated rings. The average Bonchev–Trinajstić information content (AvgIpc) is 2.46. The van der Waals surface area contributed by atoms with E-state index in [9.17, 15) is 20.0 Å². The first-order valence-corrected chi connectivity index (χ1v) is 6.60. The van der Waals surface area contributed by atoms with Crippen LogP contribution >= 0.6 is 0 Å². The van der Waals surface area contributed by atoms with Gasteiger partial charge in [0.25, 0.3) is 0 Å². The largest absolute Gasteiger partial charge is 0.481 e. The summed E-state index contributed by atoms with van der Waals surface area (Å²) in [7, 11) is 1.41. The molecule has 0 bridgehead atoms. The van der Waals surface area contributed by atoms with Gasteiger partial charge in [-0.1, -0.05) is 0 Å². The molecule has 21 heavy (non-hydrogen) atoms. The predicted octanol–water partition coefficient (Wildman–Crippen LogP) is 1.83. The lowest BCUT2D eigenvalue weighted by atomic mass is 9.88. The van der Waals surface area contributed by atoms with E-state index in [2.05, 4.69) is 4.98 Å². The summed E-state index contributed by atoms with van der Waals surface area (Å²) in [4.78, 5) is 27.9. The number of pyridine rings is 1. The number of ether oxygens (including phenoxy) is 1. The number of hydrogen-bond acceptors (Lipinski definition) is 6. The van der Waals surface area contributed by atoms with Crippen molar-refractivity contribution < 1.29 is 19.6 Å². The summed E-state index contributed by atoms with van der Waals surface area (Å²) >= 11 is 0. The van der Waals surface area contributed by atoms with Crippen LogP contribution in [0.25, 0.3) is 0 Å². The second kappa shape index (κ2) is 5.55. The van der Waals surface area contributed by atoms with Gasteiger partial charge in [0, 0.05) is 18.7 Å². The van der Waals surface area contributed by atoms with Gasteiger partial charge in [-0.05, 0) is 26.2 Å². The molecule has 0 spiro atoms. The molecule has 1 aromatic rings. The van der Waals surface area contributed by atoms with Gasteiger partial charge in [0.1, 0.15) is 5.54 Å². The Hall–Kier alpha value is -2.38. The summed E-state index contributed by atoms with van der Waals surface area (Å²) in [6.07, 6.45) is 1.94. The van der Waals surface area contributed by atoms with Crippen LogP contribution in [0.2, 0.25) is 0 Å². The molecule has 8 nitrogen and oxygen atoms in total. The number of carboxylic acids is 1. The molecule has 1 aromatic heterocycles. The van der Waals surface area contributed by atoms with Gasteiger partial charge in [-0.3, -0.25) is 10.1 Å². The van der Waals surface area contributed by atoms with Crippen molar-refractivity contribution in [1.29, 1.82) is 0 Å². The maximum atomic E-state index is 11.6. The molecule has 8 heteroatoms. The van der Waals surface area contributed by atoms with Crippen LogP contribution in [-0.2, 0) is 4.79 Å². The SMILES string of the molecule is COc1ccc([N+](=O)[O-])c(N2CCCCC2(C)C(=O)O)n1. The molecule has 2 rings (SSSR count). The number of piperidine rings is 1. The number of anilines is 1. The lowest BCUT2D eigenvalue weighted by molar-refractivity contribution is -0.384. The molecular formula is C13H17N3O5.